The maximum atomic E-state index is 11.9. The molecule has 0 heterocycles. The summed E-state index contributed by atoms with van der Waals surface area (Å²) in [5.74, 6) is -0.742. The number of benzene rings is 1. The van der Waals surface area contributed by atoms with Crippen LogP contribution in [0.25, 0.3) is 6.08 Å². The fourth-order valence-corrected chi connectivity index (χ4v) is 1.37. The van der Waals surface area contributed by atoms with Gasteiger partial charge in [-0.3, -0.25) is 0 Å². The fourth-order valence-electron chi connectivity index (χ4n) is 1.37. The molecule has 0 amide bonds. The Labute approximate surface area is 108 Å². The van der Waals surface area contributed by atoms with E-state index >= 15 is 0 Å². The second kappa shape index (κ2) is 6.82. The molecule has 0 aliphatic carbocycles. The minimum atomic E-state index is -4.19. The lowest BCUT2D eigenvalue weighted by Gasteiger charge is -2.10. The molecule has 6 heteroatoms. The van der Waals surface area contributed by atoms with E-state index in [9.17, 15) is 18.0 Å². The predicted octanol–water partition coefficient (Wildman–Crippen LogP) is 3.51. The summed E-state index contributed by atoms with van der Waals surface area (Å²) in [6.07, 6.45) is -2.95. The molecule has 0 aliphatic rings. The average molecular weight is 274 g/mol. The van der Waals surface area contributed by atoms with Crippen molar-refractivity contribution in [2.75, 3.05) is 6.61 Å². The van der Waals surface area contributed by atoms with E-state index < -0.39 is 18.6 Å². The van der Waals surface area contributed by atoms with Gasteiger partial charge < -0.3 is 9.84 Å². The molecule has 0 saturated heterocycles. The van der Waals surface area contributed by atoms with E-state index in [1.54, 1.807) is 24.3 Å². The third kappa shape index (κ3) is 6.49. The first-order chi connectivity index (χ1) is 8.88. The van der Waals surface area contributed by atoms with E-state index in [0.717, 1.165) is 6.08 Å². The third-order valence-electron chi connectivity index (χ3n) is 2.19. The van der Waals surface area contributed by atoms with Crippen LogP contribution < -0.4 is 4.74 Å². The molecule has 104 valence electrons. The summed E-state index contributed by atoms with van der Waals surface area (Å²) < 4.78 is 41.0. The quantitative estimate of drug-likeness (QED) is 0.638. The second-order valence-corrected chi connectivity index (χ2v) is 3.78. The van der Waals surface area contributed by atoms with Gasteiger partial charge in [-0.25, -0.2) is 4.79 Å². The van der Waals surface area contributed by atoms with Gasteiger partial charge in [-0.15, -0.1) is 0 Å². The molecule has 19 heavy (non-hydrogen) atoms. The molecule has 3 nitrogen and oxygen atoms in total. The maximum Gasteiger partial charge on any atom is 0.389 e. The van der Waals surface area contributed by atoms with E-state index in [2.05, 4.69) is 0 Å². The van der Waals surface area contributed by atoms with Crippen LogP contribution in [0.1, 0.15) is 18.4 Å². The van der Waals surface area contributed by atoms with Crippen LogP contribution in [-0.2, 0) is 4.79 Å². The first-order valence-electron chi connectivity index (χ1n) is 5.58. The molecule has 1 N–H and O–H groups in total. The largest absolute Gasteiger partial charge is 0.493 e. The average Bonchev–Trinajstić information content (AvgIpc) is 2.32. The normalized spacial score (nSPS) is 11.7. The molecule has 0 fully saturated rings. The predicted molar refractivity (Wildman–Crippen MR) is 63.9 cm³/mol. The number of hydrogen-bond donors (Lipinski definition) is 1. The molecule has 0 unspecified atom stereocenters. The van der Waals surface area contributed by atoms with Crippen molar-refractivity contribution in [3.63, 3.8) is 0 Å². The molecular formula is C13H13F3O3. The standard InChI is InChI=1S/C13H13F3O3/c14-13(15,16)8-3-9-19-11-5-2-1-4-10(11)6-7-12(17)18/h1-2,4-7H,3,8-9H2,(H,17,18)/b7-6+. The number of carbonyl (C=O) groups is 1. The van der Waals surface area contributed by atoms with E-state index in [1.165, 1.54) is 6.08 Å². The van der Waals surface area contributed by atoms with Crippen molar-refractivity contribution in [3.05, 3.63) is 35.9 Å². The highest BCUT2D eigenvalue weighted by Gasteiger charge is 2.26. The number of aliphatic carboxylic acids is 1. The molecule has 0 radical (unpaired) electrons. The van der Waals surface area contributed by atoms with Crippen molar-refractivity contribution in [3.8, 4) is 5.75 Å². The third-order valence-corrected chi connectivity index (χ3v) is 2.19. The Morgan fingerprint density at radius 3 is 2.63 bits per heavy atom. The Bertz CT molecular complexity index is 453. The number of carboxylic acids is 1. The van der Waals surface area contributed by atoms with Gasteiger partial charge in [0.2, 0.25) is 0 Å². The number of para-hydroxylation sites is 1. The van der Waals surface area contributed by atoms with Crippen LogP contribution in [0.2, 0.25) is 0 Å². The Morgan fingerprint density at radius 1 is 1.32 bits per heavy atom. The van der Waals surface area contributed by atoms with Crippen LogP contribution in [-0.4, -0.2) is 23.9 Å². The smallest absolute Gasteiger partial charge is 0.389 e. The van der Waals surface area contributed by atoms with Gasteiger partial charge in [0.1, 0.15) is 5.75 Å². The van der Waals surface area contributed by atoms with Crippen molar-refractivity contribution < 1.29 is 27.8 Å². The van der Waals surface area contributed by atoms with Crippen molar-refractivity contribution in [2.24, 2.45) is 0 Å². The zero-order valence-corrected chi connectivity index (χ0v) is 9.98. The monoisotopic (exact) mass is 274 g/mol. The number of carboxylic acid groups (broad SMARTS) is 1. The molecule has 1 aromatic carbocycles. The van der Waals surface area contributed by atoms with Crippen LogP contribution in [0.5, 0.6) is 5.75 Å². The van der Waals surface area contributed by atoms with E-state index in [1.807, 2.05) is 0 Å². The lowest BCUT2D eigenvalue weighted by molar-refractivity contribution is -0.136. The highest BCUT2D eigenvalue weighted by Crippen LogP contribution is 2.23. The minimum Gasteiger partial charge on any atom is -0.493 e. The highest BCUT2D eigenvalue weighted by atomic mass is 19.4. The van der Waals surface area contributed by atoms with Gasteiger partial charge >= 0.3 is 12.1 Å². The molecule has 0 aromatic heterocycles. The van der Waals surface area contributed by atoms with Gasteiger partial charge in [-0.2, -0.15) is 13.2 Å². The van der Waals surface area contributed by atoms with Gasteiger partial charge in [0.05, 0.1) is 6.61 Å². The maximum absolute atomic E-state index is 11.9. The van der Waals surface area contributed by atoms with Crippen molar-refractivity contribution in [1.82, 2.24) is 0 Å². The molecular weight excluding hydrogens is 261 g/mol. The van der Waals surface area contributed by atoms with Gasteiger partial charge in [0.15, 0.2) is 0 Å². The summed E-state index contributed by atoms with van der Waals surface area (Å²) in [6, 6.07) is 6.55. The minimum absolute atomic E-state index is 0.0720. The van der Waals surface area contributed by atoms with E-state index in [-0.39, 0.29) is 13.0 Å². The summed E-state index contributed by atoms with van der Waals surface area (Å²) in [6.45, 7) is -0.0720. The molecule has 0 aliphatic heterocycles. The zero-order chi connectivity index (χ0) is 14.3. The van der Waals surface area contributed by atoms with Crippen molar-refractivity contribution in [2.45, 2.75) is 19.0 Å². The van der Waals surface area contributed by atoms with Crippen molar-refractivity contribution in [1.29, 1.82) is 0 Å². The Balaban J connectivity index is 2.56. The molecule has 1 aromatic rings. The Hall–Kier alpha value is -1.98. The molecule has 0 atom stereocenters. The first kappa shape index (κ1) is 15.1. The lowest BCUT2D eigenvalue weighted by atomic mass is 10.2. The Morgan fingerprint density at radius 2 is 2.00 bits per heavy atom. The Kier molecular flexibility index (Phi) is 5.41. The zero-order valence-electron chi connectivity index (χ0n) is 9.98. The fraction of sp³-hybridized carbons (Fsp3) is 0.308. The van der Waals surface area contributed by atoms with Crippen molar-refractivity contribution >= 4 is 12.0 Å². The first-order valence-corrected chi connectivity index (χ1v) is 5.58. The number of hydrogen-bond acceptors (Lipinski definition) is 2. The van der Waals surface area contributed by atoms with Gasteiger partial charge in [0, 0.05) is 18.1 Å². The van der Waals surface area contributed by atoms with E-state index in [0.29, 0.717) is 11.3 Å². The number of ether oxygens (including phenoxy) is 1. The molecule has 0 spiro atoms. The summed E-state index contributed by atoms with van der Waals surface area (Å²) >= 11 is 0. The van der Waals surface area contributed by atoms with Crippen LogP contribution in [0.15, 0.2) is 30.3 Å². The SMILES string of the molecule is O=C(O)/C=C/c1ccccc1OCCCC(F)(F)F. The van der Waals surface area contributed by atoms with Gasteiger partial charge in [0.25, 0.3) is 0 Å². The summed E-state index contributed by atoms with van der Waals surface area (Å²) in [4.78, 5) is 10.4. The number of halogens is 3. The summed E-state index contributed by atoms with van der Waals surface area (Å²) in [7, 11) is 0. The van der Waals surface area contributed by atoms with Gasteiger partial charge in [-0.05, 0) is 18.6 Å². The molecule has 0 saturated carbocycles. The van der Waals surface area contributed by atoms with E-state index in [4.69, 9.17) is 9.84 Å². The van der Waals surface area contributed by atoms with Crippen LogP contribution in [0, 0.1) is 0 Å². The second-order valence-electron chi connectivity index (χ2n) is 3.78. The molecule has 1 rings (SSSR count). The molecule has 0 bridgehead atoms. The number of alkyl halides is 3. The highest BCUT2D eigenvalue weighted by molar-refractivity contribution is 5.85. The topological polar surface area (TPSA) is 46.5 Å². The van der Waals surface area contributed by atoms with Crippen LogP contribution >= 0.6 is 0 Å². The van der Waals surface area contributed by atoms with Gasteiger partial charge in [-0.1, -0.05) is 18.2 Å². The summed E-state index contributed by atoms with van der Waals surface area (Å²) in [5.41, 5.74) is 0.511. The van der Waals surface area contributed by atoms with Crippen LogP contribution in [0.4, 0.5) is 13.2 Å². The lowest BCUT2D eigenvalue weighted by Crippen LogP contribution is -2.09. The summed E-state index contributed by atoms with van der Waals surface area (Å²) in [5, 5.41) is 8.52. The van der Waals surface area contributed by atoms with Crippen LogP contribution in [0.3, 0.4) is 0 Å². The number of rotatable bonds is 6.